The maximum Gasteiger partial charge on any atom is 0.323 e. The number of fused-ring (bicyclic) bond motifs is 1. The van der Waals surface area contributed by atoms with Gasteiger partial charge in [-0.1, -0.05) is 54.6 Å². The van der Waals surface area contributed by atoms with Crippen LogP contribution in [0.4, 0.5) is 10.5 Å². The summed E-state index contributed by atoms with van der Waals surface area (Å²) in [4.78, 5) is 12.0. The molecule has 0 spiro atoms. The first-order chi connectivity index (χ1) is 11.2. The van der Waals surface area contributed by atoms with Crippen molar-refractivity contribution in [2.75, 3.05) is 5.32 Å². The van der Waals surface area contributed by atoms with Gasteiger partial charge in [-0.25, -0.2) is 4.79 Å². The molecule has 3 aromatic carbocycles. The molecular weight excluding hydrogens is 284 g/mol. The summed E-state index contributed by atoms with van der Waals surface area (Å²) in [5, 5.41) is 7.81. The van der Waals surface area contributed by atoms with Gasteiger partial charge in [0.05, 0.1) is 0 Å². The third kappa shape index (κ3) is 3.77. The van der Waals surface area contributed by atoms with E-state index in [0.29, 0.717) is 0 Å². The summed E-state index contributed by atoms with van der Waals surface area (Å²) in [6.07, 6.45) is 3.54. The van der Waals surface area contributed by atoms with Crippen LogP contribution in [0.2, 0.25) is 0 Å². The van der Waals surface area contributed by atoms with E-state index in [0.717, 1.165) is 22.0 Å². The fraction of sp³-hybridized carbons (Fsp3) is 0.0500. The molecule has 0 aliphatic carbocycles. The maximum atomic E-state index is 12.0. The van der Waals surface area contributed by atoms with Gasteiger partial charge in [0, 0.05) is 11.9 Å². The lowest BCUT2D eigenvalue weighted by molar-refractivity contribution is 0.255. The number of carbonyl (C=O) groups excluding carboxylic acids is 1. The second-order valence-corrected chi connectivity index (χ2v) is 5.35. The molecule has 3 nitrogen and oxygen atoms in total. The van der Waals surface area contributed by atoms with Crippen LogP contribution in [0.25, 0.3) is 16.8 Å². The topological polar surface area (TPSA) is 41.1 Å². The summed E-state index contributed by atoms with van der Waals surface area (Å²) in [5.41, 5.74) is 3.02. The van der Waals surface area contributed by atoms with Crippen molar-refractivity contribution in [3.05, 3.63) is 84.1 Å². The Balaban J connectivity index is 1.63. The molecule has 0 saturated heterocycles. The van der Waals surface area contributed by atoms with Crippen LogP contribution in [0.15, 0.2) is 72.9 Å². The molecule has 2 amide bonds. The van der Waals surface area contributed by atoms with Crippen LogP contribution in [0.5, 0.6) is 0 Å². The first kappa shape index (κ1) is 14.9. The van der Waals surface area contributed by atoms with Crippen molar-refractivity contribution < 1.29 is 4.79 Å². The fourth-order valence-corrected chi connectivity index (χ4v) is 2.42. The lowest BCUT2D eigenvalue weighted by Crippen LogP contribution is -2.23. The minimum absolute atomic E-state index is 0.259. The molecule has 23 heavy (non-hydrogen) atoms. The third-order valence-corrected chi connectivity index (χ3v) is 3.67. The Labute approximate surface area is 135 Å². The number of carbonyl (C=O) groups is 1. The van der Waals surface area contributed by atoms with Gasteiger partial charge in [-0.3, -0.25) is 0 Å². The normalized spacial score (nSPS) is 10.8. The third-order valence-electron chi connectivity index (χ3n) is 3.67. The number of hydrogen-bond acceptors (Lipinski definition) is 1. The van der Waals surface area contributed by atoms with E-state index in [4.69, 9.17) is 0 Å². The molecule has 0 atom stereocenters. The monoisotopic (exact) mass is 302 g/mol. The number of aryl methyl sites for hydroxylation is 1. The molecule has 0 saturated carbocycles. The Morgan fingerprint density at radius 3 is 2.48 bits per heavy atom. The van der Waals surface area contributed by atoms with Gasteiger partial charge >= 0.3 is 6.03 Å². The van der Waals surface area contributed by atoms with Gasteiger partial charge in [-0.15, -0.1) is 0 Å². The Bertz CT molecular complexity index is 868. The highest BCUT2D eigenvalue weighted by Gasteiger charge is 2.00. The molecule has 0 aromatic heterocycles. The van der Waals surface area contributed by atoms with E-state index < -0.39 is 0 Å². The van der Waals surface area contributed by atoms with Gasteiger partial charge in [-0.2, -0.15) is 0 Å². The van der Waals surface area contributed by atoms with Crippen LogP contribution in [-0.2, 0) is 0 Å². The van der Waals surface area contributed by atoms with Gasteiger partial charge in [0.25, 0.3) is 0 Å². The van der Waals surface area contributed by atoms with E-state index >= 15 is 0 Å². The number of rotatable bonds is 3. The Hall–Kier alpha value is -3.07. The van der Waals surface area contributed by atoms with Gasteiger partial charge in [-0.05, 0) is 47.0 Å². The maximum absolute atomic E-state index is 12.0. The van der Waals surface area contributed by atoms with E-state index in [-0.39, 0.29) is 6.03 Å². The van der Waals surface area contributed by atoms with Crippen molar-refractivity contribution in [2.45, 2.75) is 6.92 Å². The Kier molecular flexibility index (Phi) is 4.39. The molecule has 114 valence electrons. The molecular formula is C20H18N2O. The standard InChI is InChI=1S/C20H18N2O/c1-15-6-2-3-7-16(15)12-13-21-20(23)22-19-11-10-17-8-4-5-9-18(17)14-19/h2-14H,1H3,(H2,21,22,23)/b13-12+. The number of nitrogens with one attached hydrogen (secondary N) is 2. The summed E-state index contributed by atoms with van der Waals surface area (Å²) in [6.45, 7) is 2.04. The zero-order valence-electron chi connectivity index (χ0n) is 12.9. The van der Waals surface area contributed by atoms with Gasteiger partial charge in [0.2, 0.25) is 0 Å². The fourth-order valence-electron chi connectivity index (χ4n) is 2.42. The van der Waals surface area contributed by atoms with Crippen molar-refractivity contribution in [1.29, 1.82) is 0 Å². The van der Waals surface area contributed by atoms with Crippen LogP contribution < -0.4 is 10.6 Å². The second kappa shape index (κ2) is 6.79. The zero-order valence-corrected chi connectivity index (χ0v) is 12.9. The number of benzene rings is 3. The highest BCUT2D eigenvalue weighted by Crippen LogP contribution is 2.18. The van der Waals surface area contributed by atoms with Gasteiger partial charge < -0.3 is 10.6 Å². The molecule has 0 fully saturated rings. The minimum Gasteiger partial charge on any atom is -0.314 e. The molecule has 0 radical (unpaired) electrons. The van der Waals surface area contributed by atoms with Crippen molar-refractivity contribution in [3.63, 3.8) is 0 Å². The summed E-state index contributed by atoms with van der Waals surface area (Å²) in [6, 6.07) is 21.7. The second-order valence-electron chi connectivity index (χ2n) is 5.35. The van der Waals surface area contributed by atoms with E-state index in [9.17, 15) is 4.79 Å². The van der Waals surface area contributed by atoms with Crippen LogP contribution in [0, 0.1) is 6.92 Å². The van der Waals surface area contributed by atoms with Crippen LogP contribution >= 0.6 is 0 Å². The average molecular weight is 302 g/mol. The van der Waals surface area contributed by atoms with Gasteiger partial charge in [0.1, 0.15) is 0 Å². The summed E-state index contributed by atoms with van der Waals surface area (Å²) in [7, 11) is 0. The zero-order chi connectivity index (χ0) is 16.1. The lowest BCUT2D eigenvalue weighted by Gasteiger charge is -2.06. The predicted molar refractivity (Wildman–Crippen MR) is 96.3 cm³/mol. The first-order valence-corrected chi connectivity index (χ1v) is 7.51. The Morgan fingerprint density at radius 1 is 0.913 bits per heavy atom. The minimum atomic E-state index is -0.259. The van der Waals surface area contributed by atoms with Crippen molar-refractivity contribution in [1.82, 2.24) is 5.32 Å². The highest BCUT2D eigenvalue weighted by atomic mass is 16.2. The summed E-state index contributed by atoms with van der Waals surface area (Å²) < 4.78 is 0. The number of amides is 2. The largest absolute Gasteiger partial charge is 0.323 e. The SMILES string of the molecule is Cc1ccccc1/C=C/NC(=O)Nc1ccc2ccccc2c1. The number of hydrogen-bond donors (Lipinski definition) is 2. The van der Waals surface area contributed by atoms with Gasteiger partial charge in [0.15, 0.2) is 0 Å². The predicted octanol–water partition coefficient (Wildman–Crippen LogP) is 4.94. The molecule has 0 unspecified atom stereocenters. The molecule has 3 heteroatoms. The van der Waals surface area contributed by atoms with Crippen molar-refractivity contribution in [3.8, 4) is 0 Å². The van der Waals surface area contributed by atoms with E-state index in [1.165, 1.54) is 5.56 Å². The smallest absolute Gasteiger partial charge is 0.314 e. The molecule has 0 aliphatic heterocycles. The van der Waals surface area contributed by atoms with E-state index in [1.54, 1.807) is 6.20 Å². The molecule has 0 aliphatic rings. The number of urea groups is 1. The van der Waals surface area contributed by atoms with E-state index in [2.05, 4.69) is 10.6 Å². The first-order valence-electron chi connectivity index (χ1n) is 7.51. The van der Waals surface area contributed by atoms with Crippen LogP contribution in [0.1, 0.15) is 11.1 Å². The van der Waals surface area contributed by atoms with Crippen molar-refractivity contribution >= 4 is 28.6 Å². The number of anilines is 1. The van der Waals surface area contributed by atoms with Crippen LogP contribution in [-0.4, -0.2) is 6.03 Å². The molecule has 3 rings (SSSR count). The molecule has 2 N–H and O–H groups in total. The molecule has 3 aromatic rings. The Morgan fingerprint density at radius 2 is 1.65 bits per heavy atom. The summed E-state index contributed by atoms with van der Waals surface area (Å²) >= 11 is 0. The molecule has 0 bridgehead atoms. The van der Waals surface area contributed by atoms with Crippen molar-refractivity contribution in [2.24, 2.45) is 0 Å². The molecule has 0 heterocycles. The van der Waals surface area contributed by atoms with Crippen LogP contribution in [0.3, 0.4) is 0 Å². The highest BCUT2D eigenvalue weighted by molar-refractivity contribution is 5.94. The lowest BCUT2D eigenvalue weighted by atomic mass is 10.1. The van der Waals surface area contributed by atoms with E-state index in [1.807, 2.05) is 79.7 Å². The summed E-state index contributed by atoms with van der Waals surface area (Å²) in [5.74, 6) is 0. The average Bonchev–Trinajstić information content (AvgIpc) is 2.56. The quantitative estimate of drug-likeness (QED) is 0.707.